The van der Waals surface area contributed by atoms with E-state index in [2.05, 4.69) is 4.98 Å². The fourth-order valence-electron chi connectivity index (χ4n) is 2.97. The van der Waals surface area contributed by atoms with Crippen molar-refractivity contribution in [1.29, 1.82) is 0 Å². The van der Waals surface area contributed by atoms with Gasteiger partial charge in [-0.3, -0.25) is 4.57 Å². The van der Waals surface area contributed by atoms with Crippen molar-refractivity contribution >= 4 is 17.4 Å². The van der Waals surface area contributed by atoms with Gasteiger partial charge in [-0.15, -0.1) is 0 Å². The lowest BCUT2D eigenvalue weighted by Crippen LogP contribution is -2.22. The third-order valence-corrected chi connectivity index (χ3v) is 4.66. The van der Waals surface area contributed by atoms with Gasteiger partial charge >= 0.3 is 5.69 Å². The van der Waals surface area contributed by atoms with Gasteiger partial charge in [0.05, 0.1) is 0 Å². The van der Waals surface area contributed by atoms with Crippen LogP contribution in [0.15, 0.2) is 53.3 Å². The number of anilines is 1. The number of benzene rings is 2. The fourth-order valence-corrected chi connectivity index (χ4v) is 3.15. The van der Waals surface area contributed by atoms with Crippen molar-refractivity contribution in [3.63, 3.8) is 0 Å². The highest BCUT2D eigenvalue weighted by Crippen LogP contribution is 2.28. The highest BCUT2D eigenvalue weighted by molar-refractivity contribution is 6.30. The minimum atomic E-state index is -0.501. The Morgan fingerprint density at radius 2 is 2.04 bits per heavy atom. The van der Waals surface area contributed by atoms with E-state index in [4.69, 9.17) is 21.1 Å². The molecule has 1 aliphatic rings. The molecule has 144 valence electrons. The first-order valence-electron chi connectivity index (χ1n) is 8.67. The highest BCUT2D eigenvalue weighted by Gasteiger charge is 2.19. The molecule has 4 rings (SSSR count). The maximum Gasteiger partial charge on any atom is 0.352 e. The average molecular weight is 402 g/mol. The Labute approximate surface area is 165 Å². The van der Waals surface area contributed by atoms with Crippen LogP contribution in [0.25, 0.3) is 0 Å². The maximum atomic E-state index is 14.1. The number of nitrogens with zero attached hydrogens (tertiary/aromatic N) is 3. The Balaban J connectivity index is 1.51. The zero-order chi connectivity index (χ0) is 19.7. The van der Waals surface area contributed by atoms with Gasteiger partial charge in [0.2, 0.25) is 5.88 Å². The predicted molar refractivity (Wildman–Crippen MR) is 104 cm³/mol. The van der Waals surface area contributed by atoms with Crippen molar-refractivity contribution in [2.24, 2.45) is 0 Å². The summed E-state index contributed by atoms with van der Waals surface area (Å²) in [6, 6.07) is 12.9. The Hall–Kier alpha value is -3.06. The van der Waals surface area contributed by atoms with Gasteiger partial charge in [-0.25, -0.2) is 9.18 Å². The van der Waals surface area contributed by atoms with Crippen LogP contribution in [0.3, 0.4) is 0 Å². The fraction of sp³-hybridized carbons (Fsp3) is 0.200. The van der Waals surface area contributed by atoms with Crippen molar-refractivity contribution in [3.05, 3.63) is 75.4 Å². The molecule has 0 N–H and O–H groups in total. The van der Waals surface area contributed by atoms with E-state index in [1.165, 1.54) is 6.07 Å². The largest absolute Gasteiger partial charge is 0.473 e. The summed E-state index contributed by atoms with van der Waals surface area (Å²) < 4.78 is 26.9. The molecule has 0 saturated carbocycles. The summed E-state index contributed by atoms with van der Waals surface area (Å²) in [7, 11) is 1.90. The second-order valence-corrected chi connectivity index (χ2v) is 6.86. The van der Waals surface area contributed by atoms with E-state index in [9.17, 15) is 9.18 Å². The standard InChI is InChI=1S/C20H17ClFN3O3/c1-24-7-8-25-19(24)11-18(23-20(25)26)27-12-13-5-6-16(22)17(9-13)28-15-4-2-3-14(21)10-15/h2-6,9-11H,7-8,12H2,1H3. The molecule has 8 heteroatoms. The van der Waals surface area contributed by atoms with Crippen molar-refractivity contribution in [2.45, 2.75) is 13.2 Å². The zero-order valence-electron chi connectivity index (χ0n) is 15.1. The van der Waals surface area contributed by atoms with Crippen LogP contribution in [0.1, 0.15) is 5.56 Å². The number of rotatable bonds is 5. The van der Waals surface area contributed by atoms with Gasteiger partial charge in [-0.2, -0.15) is 4.98 Å². The Morgan fingerprint density at radius 3 is 2.86 bits per heavy atom. The van der Waals surface area contributed by atoms with Gasteiger partial charge in [-0.1, -0.05) is 23.7 Å². The highest BCUT2D eigenvalue weighted by atomic mass is 35.5. The first-order valence-corrected chi connectivity index (χ1v) is 9.05. The van der Waals surface area contributed by atoms with Crippen molar-refractivity contribution < 1.29 is 13.9 Å². The molecule has 3 aromatic rings. The predicted octanol–water partition coefficient (Wildman–Crippen LogP) is 3.86. The normalized spacial score (nSPS) is 12.8. The summed E-state index contributed by atoms with van der Waals surface area (Å²) in [5, 5.41) is 0.497. The lowest BCUT2D eigenvalue weighted by Gasteiger charge is -2.13. The monoisotopic (exact) mass is 401 g/mol. The summed E-state index contributed by atoms with van der Waals surface area (Å²) in [6.07, 6.45) is 0. The van der Waals surface area contributed by atoms with Gasteiger partial charge in [0.15, 0.2) is 11.6 Å². The minimum absolute atomic E-state index is 0.0603. The first kappa shape index (κ1) is 18.3. The molecule has 0 unspecified atom stereocenters. The second-order valence-electron chi connectivity index (χ2n) is 6.42. The molecular formula is C20H17ClFN3O3. The molecule has 0 amide bonds. The van der Waals surface area contributed by atoms with Crippen LogP contribution < -0.4 is 20.1 Å². The number of ether oxygens (including phenoxy) is 2. The lowest BCUT2D eigenvalue weighted by molar-refractivity contribution is 0.290. The molecule has 1 aliphatic heterocycles. The van der Waals surface area contributed by atoms with Gasteiger partial charge in [-0.05, 0) is 35.9 Å². The van der Waals surface area contributed by atoms with Crippen molar-refractivity contribution in [1.82, 2.24) is 9.55 Å². The maximum absolute atomic E-state index is 14.1. The number of hydrogen-bond donors (Lipinski definition) is 0. The van der Waals surface area contributed by atoms with Crippen molar-refractivity contribution in [2.75, 3.05) is 18.5 Å². The number of fused-ring (bicyclic) bond motifs is 1. The first-order chi connectivity index (χ1) is 13.5. The van der Waals surface area contributed by atoms with Crippen LogP contribution in [0, 0.1) is 5.82 Å². The quantitative estimate of drug-likeness (QED) is 0.649. The van der Waals surface area contributed by atoms with E-state index in [1.807, 2.05) is 11.9 Å². The van der Waals surface area contributed by atoms with Gasteiger partial charge in [0.25, 0.3) is 0 Å². The van der Waals surface area contributed by atoms with E-state index in [1.54, 1.807) is 47.0 Å². The number of aromatic nitrogens is 2. The van der Waals surface area contributed by atoms with E-state index in [0.29, 0.717) is 22.9 Å². The van der Waals surface area contributed by atoms with E-state index >= 15 is 0 Å². The smallest absolute Gasteiger partial charge is 0.352 e. The topological polar surface area (TPSA) is 56.6 Å². The van der Waals surface area contributed by atoms with E-state index in [-0.39, 0.29) is 23.9 Å². The molecule has 0 radical (unpaired) electrons. The van der Waals surface area contributed by atoms with Gasteiger partial charge in [0.1, 0.15) is 18.2 Å². The van der Waals surface area contributed by atoms with Crippen LogP contribution in [0.4, 0.5) is 10.2 Å². The molecule has 0 saturated heterocycles. The van der Waals surface area contributed by atoms with E-state index < -0.39 is 5.82 Å². The molecule has 28 heavy (non-hydrogen) atoms. The molecule has 0 aliphatic carbocycles. The molecule has 0 atom stereocenters. The number of hydrogen-bond acceptors (Lipinski definition) is 5. The van der Waals surface area contributed by atoms with Crippen LogP contribution in [-0.4, -0.2) is 23.1 Å². The molecular weight excluding hydrogens is 385 g/mol. The molecule has 0 bridgehead atoms. The summed E-state index contributed by atoms with van der Waals surface area (Å²) >= 11 is 5.93. The van der Waals surface area contributed by atoms with Crippen LogP contribution in [0.2, 0.25) is 5.02 Å². The zero-order valence-corrected chi connectivity index (χ0v) is 15.8. The third kappa shape index (κ3) is 3.80. The summed E-state index contributed by atoms with van der Waals surface area (Å²) in [6.45, 7) is 1.48. The molecule has 6 nitrogen and oxygen atoms in total. The summed E-state index contributed by atoms with van der Waals surface area (Å²) in [5.74, 6) is 0.982. The Bertz CT molecular complexity index is 1090. The molecule has 0 fully saturated rings. The van der Waals surface area contributed by atoms with Gasteiger partial charge in [0, 0.05) is 31.2 Å². The second kappa shape index (κ2) is 7.52. The molecule has 2 aromatic carbocycles. The lowest BCUT2D eigenvalue weighted by atomic mass is 10.2. The SMILES string of the molecule is CN1CCn2c1cc(OCc1ccc(F)c(Oc3cccc(Cl)c3)c1)nc2=O. The minimum Gasteiger partial charge on any atom is -0.473 e. The Kier molecular flexibility index (Phi) is 4.92. The molecule has 1 aromatic heterocycles. The van der Waals surface area contributed by atoms with Gasteiger partial charge < -0.3 is 14.4 Å². The Morgan fingerprint density at radius 1 is 1.18 bits per heavy atom. The average Bonchev–Trinajstić information content (AvgIpc) is 3.04. The van der Waals surface area contributed by atoms with Crippen LogP contribution >= 0.6 is 11.6 Å². The third-order valence-electron chi connectivity index (χ3n) is 4.42. The van der Waals surface area contributed by atoms with Crippen LogP contribution in [0.5, 0.6) is 17.4 Å². The molecule has 2 heterocycles. The molecule has 0 spiro atoms. The number of likely N-dealkylation sites (N-methyl/N-ethyl adjacent to an activating group) is 1. The van der Waals surface area contributed by atoms with Crippen molar-refractivity contribution in [3.8, 4) is 17.4 Å². The summed E-state index contributed by atoms with van der Waals surface area (Å²) in [5.41, 5.74) is 0.329. The van der Waals surface area contributed by atoms with Crippen LogP contribution in [-0.2, 0) is 13.2 Å². The van der Waals surface area contributed by atoms with E-state index in [0.717, 1.165) is 12.4 Å². The summed E-state index contributed by atoms with van der Waals surface area (Å²) in [4.78, 5) is 18.0. The number of halogens is 2.